The van der Waals surface area contributed by atoms with E-state index in [4.69, 9.17) is 0 Å². The van der Waals surface area contributed by atoms with Crippen molar-refractivity contribution < 1.29 is 4.79 Å². The van der Waals surface area contributed by atoms with E-state index in [1.807, 2.05) is 90.6 Å². The highest BCUT2D eigenvalue weighted by Crippen LogP contribution is 2.18. The molecule has 2 aromatic heterocycles. The lowest BCUT2D eigenvalue weighted by Crippen LogP contribution is -2.11. The van der Waals surface area contributed by atoms with Crippen LogP contribution in [0.2, 0.25) is 0 Å². The Labute approximate surface area is 162 Å². The lowest BCUT2D eigenvalue weighted by Gasteiger charge is -2.09. The summed E-state index contributed by atoms with van der Waals surface area (Å²) in [6.07, 6.45) is 5.45. The highest BCUT2D eigenvalue weighted by Gasteiger charge is 2.07. The minimum absolute atomic E-state index is 0.147. The molecule has 0 atom stereocenters. The number of aromatic nitrogens is 3. The quantitative estimate of drug-likeness (QED) is 0.540. The summed E-state index contributed by atoms with van der Waals surface area (Å²) in [5.74, 6) is 0.582. The lowest BCUT2D eigenvalue weighted by atomic mass is 10.2. The molecule has 0 fully saturated rings. The molecule has 2 aromatic carbocycles. The molecular weight excluding hydrogens is 350 g/mol. The minimum Gasteiger partial charge on any atom is -0.340 e. The van der Waals surface area contributed by atoms with Crippen LogP contribution in [0.3, 0.4) is 0 Å². The first-order chi connectivity index (χ1) is 13.7. The molecule has 0 bridgehead atoms. The molecule has 0 unspecified atom stereocenters. The van der Waals surface area contributed by atoms with Gasteiger partial charge in [-0.1, -0.05) is 0 Å². The molecule has 2 N–H and O–H groups in total. The molecule has 4 rings (SSSR count). The third-order valence-electron chi connectivity index (χ3n) is 4.25. The van der Waals surface area contributed by atoms with E-state index in [1.54, 1.807) is 0 Å². The van der Waals surface area contributed by atoms with Crippen molar-refractivity contribution in [3.05, 3.63) is 96.7 Å². The van der Waals surface area contributed by atoms with Crippen molar-refractivity contribution in [3.8, 4) is 5.69 Å². The molecule has 0 saturated carbocycles. The summed E-state index contributed by atoms with van der Waals surface area (Å²) in [7, 11) is 0. The van der Waals surface area contributed by atoms with Crippen LogP contribution in [0, 0.1) is 6.92 Å². The van der Waals surface area contributed by atoms with Crippen molar-refractivity contribution in [2.75, 3.05) is 10.6 Å². The average molecular weight is 369 g/mol. The molecule has 6 nitrogen and oxygen atoms in total. The highest BCUT2D eigenvalue weighted by atomic mass is 16.1. The Balaban J connectivity index is 1.40. The monoisotopic (exact) mass is 369 g/mol. The normalized spacial score (nSPS) is 10.5. The van der Waals surface area contributed by atoms with Gasteiger partial charge in [0, 0.05) is 46.8 Å². The molecule has 4 aromatic rings. The van der Waals surface area contributed by atoms with E-state index in [0.29, 0.717) is 5.56 Å². The number of carbonyl (C=O) groups is 1. The van der Waals surface area contributed by atoms with Gasteiger partial charge in [0.2, 0.25) is 0 Å². The largest absolute Gasteiger partial charge is 0.340 e. The van der Waals surface area contributed by atoms with Gasteiger partial charge in [0.05, 0.1) is 0 Å². The summed E-state index contributed by atoms with van der Waals surface area (Å²) in [4.78, 5) is 20.7. The standard InChI is InChI=1S/C22H19N5O/c1-16-14-21(24-15-23-16)25-18-6-8-19(9-7-18)26-22(28)17-4-10-20(11-5-17)27-12-2-3-13-27/h2-15H,1H3,(H,26,28)(H,23,24,25). The van der Waals surface area contributed by atoms with Crippen molar-refractivity contribution >= 4 is 23.1 Å². The van der Waals surface area contributed by atoms with Gasteiger partial charge in [0.1, 0.15) is 12.1 Å². The number of nitrogens with zero attached hydrogens (tertiary/aromatic N) is 3. The Kier molecular flexibility index (Phi) is 4.84. The van der Waals surface area contributed by atoms with Gasteiger partial charge >= 0.3 is 0 Å². The van der Waals surface area contributed by atoms with Crippen molar-refractivity contribution in [3.63, 3.8) is 0 Å². The van der Waals surface area contributed by atoms with E-state index in [1.165, 1.54) is 6.33 Å². The maximum absolute atomic E-state index is 12.5. The van der Waals surface area contributed by atoms with Crippen LogP contribution in [0.5, 0.6) is 0 Å². The molecule has 0 radical (unpaired) electrons. The topological polar surface area (TPSA) is 71.8 Å². The van der Waals surface area contributed by atoms with Crippen LogP contribution >= 0.6 is 0 Å². The summed E-state index contributed by atoms with van der Waals surface area (Å²) < 4.78 is 1.99. The van der Waals surface area contributed by atoms with Crippen LogP contribution in [0.15, 0.2) is 85.5 Å². The van der Waals surface area contributed by atoms with Crippen LogP contribution in [0.1, 0.15) is 16.1 Å². The second-order valence-corrected chi connectivity index (χ2v) is 6.34. The molecule has 28 heavy (non-hydrogen) atoms. The lowest BCUT2D eigenvalue weighted by molar-refractivity contribution is 0.102. The average Bonchev–Trinajstić information content (AvgIpc) is 3.24. The zero-order valence-corrected chi connectivity index (χ0v) is 15.3. The van der Waals surface area contributed by atoms with Crippen LogP contribution in [-0.2, 0) is 0 Å². The Hall–Kier alpha value is -3.93. The summed E-state index contributed by atoms with van der Waals surface area (Å²) >= 11 is 0. The Morgan fingerprint density at radius 2 is 1.57 bits per heavy atom. The zero-order valence-electron chi connectivity index (χ0n) is 15.3. The number of hydrogen-bond acceptors (Lipinski definition) is 4. The van der Waals surface area contributed by atoms with Gasteiger partial charge in [0.25, 0.3) is 5.91 Å². The minimum atomic E-state index is -0.147. The number of hydrogen-bond donors (Lipinski definition) is 2. The van der Waals surface area contributed by atoms with Crippen LogP contribution in [0.25, 0.3) is 5.69 Å². The molecule has 0 aliphatic heterocycles. The fourth-order valence-corrected chi connectivity index (χ4v) is 2.80. The Bertz CT molecular complexity index is 1070. The summed E-state index contributed by atoms with van der Waals surface area (Å²) in [5, 5.41) is 6.12. The second kappa shape index (κ2) is 7.75. The molecular formula is C22H19N5O. The van der Waals surface area contributed by atoms with Gasteiger partial charge < -0.3 is 15.2 Å². The number of anilines is 3. The fourth-order valence-electron chi connectivity index (χ4n) is 2.80. The molecule has 1 amide bonds. The number of carbonyl (C=O) groups excluding carboxylic acids is 1. The van der Waals surface area contributed by atoms with Crippen LogP contribution < -0.4 is 10.6 Å². The number of aryl methyl sites for hydroxylation is 1. The molecule has 0 aliphatic carbocycles. The van der Waals surface area contributed by atoms with E-state index >= 15 is 0 Å². The van der Waals surface area contributed by atoms with Gasteiger partial charge in [-0.15, -0.1) is 0 Å². The number of benzene rings is 2. The van der Waals surface area contributed by atoms with Crippen molar-refractivity contribution in [1.82, 2.24) is 14.5 Å². The first-order valence-corrected chi connectivity index (χ1v) is 8.88. The van der Waals surface area contributed by atoms with E-state index in [-0.39, 0.29) is 5.91 Å². The SMILES string of the molecule is Cc1cc(Nc2ccc(NC(=O)c3ccc(-n4cccc4)cc3)cc2)ncn1. The smallest absolute Gasteiger partial charge is 0.255 e. The van der Waals surface area contributed by atoms with Gasteiger partial charge in [-0.2, -0.15) is 0 Å². The van der Waals surface area contributed by atoms with E-state index in [9.17, 15) is 4.79 Å². The van der Waals surface area contributed by atoms with Crippen LogP contribution in [-0.4, -0.2) is 20.4 Å². The van der Waals surface area contributed by atoms with Crippen molar-refractivity contribution in [1.29, 1.82) is 0 Å². The fraction of sp³-hybridized carbons (Fsp3) is 0.0455. The van der Waals surface area contributed by atoms with Crippen molar-refractivity contribution in [2.24, 2.45) is 0 Å². The second-order valence-electron chi connectivity index (χ2n) is 6.34. The van der Waals surface area contributed by atoms with Gasteiger partial charge in [-0.05, 0) is 67.6 Å². The predicted octanol–water partition coefficient (Wildman–Crippen LogP) is 4.57. The molecule has 0 spiro atoms. The first kappa shape index (κ1) is 17.5. The number of amides is 1. The zero-order chi connectivity index (χ0) is 19.3. The van der Waals surface area contributed by atoms with E-state index < -0.39 is 0 Å². The maximum Gasteiger partial charge on any atom is 0.255 e. The van der Waals surface area contributed by atoms with E-state index in [0.717, 1.165) is 28.6 Å². The third kappa shape index (κ3) is 4.07. The summed E-state index contributed by atoms with van der Waals surface area (Å²) in [6.45, 7) is 1.91. The van der Waals surface area contributed by atoms with Crippen LogP contribution in [0.4, 0.5) is 17.2 Å². The molecule has 2 heterocycles. The van der Waals surface area contributed by atoms with Crippen molar-refractivity contribution in [2.45, 2.75) is 6.92 Å². The molecule has 6 heteroatoms. The van der Waals surface area contributed by atoms with Gasteiger partial charge in [-0.25, -0.2) is 9.97 Å². The summed E-state index contributed by atoms with van der Waals surface area (Å²) in [6, 6.07) is 20.8. The molecule has 0 aliphatic rings. The maximum atomic E-state index is 12.5. The van der Waals surface area contributed by atoms with Gasteiger partial charge in [0.15, 0.2) is 0 Å². The highest BCUT2D eigenvalue weighted by molar-refractivity contribution is 6.04. The molecule has 0 saturated heterocycles. The van der Waals surface area contributed by atoms with E-state index in [2.05, 4.69) is 20.6 Å². The Morgan fingerprint density at radius 3 is 2.25 bits per heavy atom. The third-order valence-corrected chi connectivity index (χ3v) is 4.25. The Morgan fingerprint density at radius 1 is 0.893 bits per heavy atom. The summed E-state index contributed by atoms with van der Waals surface area (Å²) in [5.41, 5.74) is 4.12. The molecule has 138 valence electrons. The number of nitrogens with one attached hydrogen (secondary N) is 2. The first-order valence-electron chi connectivity index (χ1n) is 8.88. The van der Waals surface area contributed by atoms with Gasteiger partial charge in [-0.3, -0.25) is 4.79 Å². The predicted molar refractivity (Wildman–Crippen MR) is 110 cm³/mol. The number of rotatable bonds is 5.